The van der Waals surface area contributed by atoms with Crippen molar-refractivity contribution in [2.75, 3.05) is 26.2 Å². The third kappa shape index (κ3) is 3.27. The summed E-state index contributed by atoms with van der Waals surface area (Å²) < 4.78 is 6.46. The summed E-state index contributed by atoms with van der Waals surface area (Å²) >= 11 is 3.33. The molecule has 0 atom stereocenters. The molecule has 2 heterocycles. The minimum absolute atomic E-state index is 0.707. The molecule has 0 aromatic carbocycles. The Morgan fingerprint density at radius 3 is 2.93 bits per heavy atom. The largest absolute Gasteiger partial charge is 0.478 e. The molecular weight excluding hydrogens is 244 g/mol. The van der Waals surface area contributed by atoms with E-state index in [2.05, 4.69) is 25.8 Å². The Morgan fingerprint density at radius 1 is 1.43 bits per heavy atom. The van der Waals surface area contributed by atoms with Gasteiger partial charge in [-0.3, -0.25) is 0 Å². The van der Waals surface area contributed by atoms with Gasteiger partial charge in [0, 0.05) is 36.4 Å². The second kappa shape index (κ2) is 4.75. The van der Waals surface area contributed by atoms with Gasteiger partial charge in [-0.05, 0) is 28.4 Å². The summed E-state index contributed by atoms with van der Waals surface area (Å²) in [5.74, 6) is 0.707. The second-order valence-corrected chi connectivity index (χ2v) is 4.27. The van der Waals surface area contributed by atoms with Gasteiger partial charge in [0.2, 0.25) is 5.88 Å². The van der Waals surface area contributed by atoms with Crippen LogP contribution in [0.15, 0.2) is 22.8 Å². The van der Waals surface area contributed by atoms with Crippen molar-refractivity contribution in [3.8, 4) is 5.88 Å². The number of hydrogen-bond acceptors (Lipinski definition) is 3. The molecule has 0 N–H and O–H groups in total. The van der Waals surface area contributed by atoms with Gasteiger partial charge in [-0.1, -0.05) is 0 Å². The van der Waals surface area contributed by atoms with Gasteiger partial charge in [-0.15, -0.1) is 0 Å². The van der Waals surface area contributed by atoms with Crippen LogP contribution in [0.2, 0.25) is 0 Å². The monoisotopic (exact) mass is 256 g/mol. The molecule has 0 aliphatic carbocycles. The molecule has 2 rings (SSSR count). The van der Waals surface area contributed by atoms with Crippen LogP contribution in [0.5, 0.6) is 5.88 Å². The van der Waals surface area contributed by atoms with E-state index in [1.807, 2.05) is 12.1 Å². The molecule has 0 saturated carbocycles. The Labute approximate surface area is 92.2 Å². The van der Waals surface area contributed by atoms with Gasteiger partial charge in [0.15, 0.2) is 0 Å². The van der Waals surface area contributed by atoms with Crippen LogP contribution in [-0.4, -0.2) is 36.1 Å². The molecule has 1 aliphatic heterocycles. The van der Waals surface area contributed by atoms with Gasteiger partial charge in [0.05, 0.1) is 6.61 Å². The lowest BCUT2D eigenvalue weighted by Gasteiger charge is -2.04. The van der Waals surface area contributed by atoms with Crippen molar-refractivity contribution >= 4 is 15.9 Å². The Bertz CT molecular complexity index is 285. The third-order valence-corrected chi connectivity index (χ3v) is 2.58. The van der Waals surface area contributed by atoms with Crippen LogP contribution in [0.3, 0.4) is 0 Å². The van der Waals surface area contributed by atoms with Crippen molar-refractivity contribution < 1.29 is 4.74 Å². The normalized spacial score (nSPS) is 15.5. The molecule has 4 heteroatoms. The highest BCUT2D eigenvalue weighted by Crippen LogP contribution is 2.12. The maximum atomic E-state index is 5.48. The van der Waals surface area contributed by atoms with Crippen LogP contribution >= 0.6 is 15.9 Å². The first-order chi connectivity index (χ1) is 6.84. The molecule has 3 nitrogen and oxygen atoms in total. The molecule has 1 saturated heterocycles. The van der Waals surface area contributed by atoms with Crippen LogP contribution in [0.4, 0.5) is 0 Å². The van der Waals surface area contributed by atoms with Crippen LogP contribution in [-0.2, 0) is 0 Å². The first-order valence-electron chi connectivity index (χ1n) is 4.81. The summed E-state index contributed by atoms with van der Waals surface area (Å²) in [4.78, 5) is 6.52. The van der Waals surface area contributed by atoms with Gasteiger partial charge in [0.25, 0.3) is 0 Å². The second-order valence-electron chi connectivity index (χ2n) is 3.36. The fourth-order valence-corrected chi connectivity index (χ4v) is 1.44. The first kappa shape index (κ1) is 9.93. The third-order valence-electron chi connectivity index (χ3n) is 2.11. The van der Waals surface area contributed by atoms with Gasteiger partial charge >= 0.3 is 0 Å². The van der Waals surface area contributed by atoms with Crippen molar-refractivity contribution in [3.63, 3.8) is 0 Å². The zero-order valence-electron chi connectivity index (χ0n) is 7.95. The predicted octanol–water partition coefficient (Wildman–Crippen LogP) is 1.93. The molecule has 0 radical (unpaired) electrons. The van der Waals surface area contributed by atoms with E-state index in [4.69, 9.17) is 4.74 Å². The number of nitrogens with zero attached hydrogens (tertiary/aromatic N) is 2. The van der Waals surface area contributed by atoms with Crippen molar-refractivity contribution in [1.29, 1.82) is 0 Å². The molecule has 0 unspecified atom stereocenters. The Hall–Kier alpha value is -0.610. The van der Waals surface area contributed by atoms with Crippen LogP contribution in [0.25, 0.3) is 0 Å². The fraction of sp³-hybridized carbons (Fsp3) is 0.500. The molecule has 1 aliphatic rings. The SMILES string of the molecule is Brc1ccc(OCCCN2CC2)nc1. The standard InChI is InChI=1S/C10H13BrN2O/c11-9-2-3-10(12-8-9)14-7-1-4-13-5-6-13/h2-3,8H,1,4-7H2. The quantitative estimate of drug-likeness (QED) is 0.595. The van der Waals surface area contributed by atoms with Gasteiger partial charge < -0.3 is 9.64 Å². The lowest BCUT2D eigenvalue weighted by Crippen LogP contribution is -2.06. The highest BCUT2D eigenvalue weighted by molar-refractivity contribution is 9.10. The Morgan fingerprint density at radius 2 is 2.29 bits per heavy atom. The minimum atomic E-state index is 0.707. The Balaban J connectivity index is 1.66. The van der Waals surface area contributed by atoms with Crippen molar-refractivity contribution in [3.05, 3.63) is 22.8 Å². The lowest BCUT2D eigenvalue weighted by atomic mass is 10.4. The number of halogens is 1. The molecule has 76 valence electrons. The molecule has 1 aromatic heterocycles. The summed E-state index contributed by atoms with van der Waals surface area (Å²) in [7, 11) is 0. The van der Waals surface area contributed by atoms with Crippen molar-refractivity contribution in [2.24, 2.45) is 0 Å². The number of hydrogen-bond donors (Lipinski definition) is 0. The van der Waals surface area contributed by atoms with E-state index in [1.165, 1.54) is 13.1 Å². The van der Waals surface area contributed by atoms with E-state index >= 15 is 0 Å². The van der Waals surface area contributed by atoms with E-state index in [0.717, 1.165) is 24.0 Å². The highest BCUT2D eigenvalue weighted by Gasteiger charge is 2.15. The summed E-state index contributed by atoms with van der Waals surface area (Å²) in [5, 5.41) is 0. The number of aromatic nitrogens is 1. The summed E-state index contributed by atoms with van der Waals surface area (Å²) in [5.41, 5.74) is 0. The zero-order chi connectivity index (χ0) is 9.80. The molecule has 0 spiro atoms. The Kier molecular flexibility index (Phi) is 3.37. The summed E-state index contributed by atoms with van der Waals surface area (Å²) in [6, 6.07) is 3.81. The van der Waals surface area contributed by atoms with Crippen LogP contribution < -0.4 is 4.74 Å². The van der Waals surface area contributed by atoms with Crippen LogP contribution in [0, 0.1) is 0 Å². The van der Waals surface area contributed by atoms with E-state index in [-0.39, 0.29) is 0 Å². The van der Waals surface area contributed by atoms with Crippen molar-refractivity contribution in [2.45, 2.75) is 6.42 Å². The highest BCUT2D eigenvalue weighted by atomic mass is 79.9. The fourth-order valence-electron chi connectivity index (χ4n) is 1.21. The maximum Gasteiger partial charge on any atom is 0.213 e. The zero-order valence-corrected chi connectivity index (χ0v) is 9.53. The molecule has 1 aromatic rings. The maximum absolute atomic E-state index is 5.48. The summed E-state index contributed by atoms with van der Waals surface area (Å²) in [6.45, 7) is 4.43. The van der Waals surface area contributed by atoms with E-state index in [9.17, 15) is 0 Å². The molecule has 14 heavy (non-hydrogen) atoms. The predicted molar refractivity (Wildman–Crippen MR) is 58.5 cm³/mol. The van der Waals surface area contributed by atoms with Crippen molar-refractivity contribution in [1.82, 2.24) is 9.88 Å². The molecule has 0 bridgehead atoms. The number of pyridine rings is 1. The number of rotatable bonds is 5. The van der Waals surface area contributed by atoms with E-state index in [0.29, 0.717) is 5.88 Å². The molecular formula is C10H13BrN2O. The van der Waals surface area contributed by atoms with Crippen LogP contribution in [0.1, 0.15) is 6.42 Å². The van der Waals surface area contributed by atoms with E-state index in [1.54, 1.807) is 6.20 Å². The topological polar surface area (TPSA) is 25.1 Å². The minimum Gasteiger partial charge on any atom is -0.478 e. The van der Waals surface area contributed by atoms with Gasteiger partial charge in [-0.25, -0.2) is 4.98 Å². The first-order valence-corrected chi connectivity index (χ1v) is 5.60. The average molecular weight is 257 g/mol. The molecule has 1 fully saturated rings. The van der Waals surface area contributed by atoms with Gasteiger partial charge in [0.1, 0.15) is 0 Å². The molecule has 0 amide bonds. The average Bonchev–Trinajstić information content (AvgIpc) is 2.99. The summed E-state index contributed by atoms with van der Waals surface area (Å²) in [6.07, 6.45) is 2.83. The smallest absolute Gasteiger partial charge is 0.213 e. The van der Waals surface area contributed by atoms with Gasteiger partial charge in [-0.2, -0.15) is 0 Å². The lowest BCUT2D eigenvalue weighted by molar-refractivity contribution is 0.288. The van der Waals surface area contributed by atoms with E-state index < -0.39 is 0 Å². The number of ether oxygens (including phenoxy) is 1.